The molecule has 0 spiro atoms. The van der Waals surface area contributed by atoms with Crippen LogP contribution in [-0.4, -0.2) is 52.2 Å². The molecule has 1 unspecified atom stereocenters. The number of aryl methyl sites for hydroxylation is 2. The van der Waals surface area contributed by atoms with Gasteiger partial charge < -0.3 is 4.74 Å². The number of sulfonamides is 1. The number of nitrogens with one attached hydrogen (secondary N) is 1. The van der Waals surface area contributed by atoms with Crippen LogP contribution in [-0.2, 0) is 14.8 Å². The molecule has 1 aliphatic rings. The van der Waals surface area contributed by atoms with Gasteiger partial charge in [0.05, 0.1) is 18.1 Å². The van der Waals surface area contributed by atoms with Gasteiger partial charge in [0.25, 0.3) is 0 Å². The minimum Gasteiger partial charge on any atom is -0.379 e. The number of morpholine rings is 1. The van der Waals surface area contributed by atoms with Crippen molar-refractivity contribution in [2.45, 2.75) is 38.6 Å². The number of hydrogen-bond donors (Lipinski definition) is 1. The zero-order chi connectivity index (χ0) is 17.0. The summed E-state index contributed by atoms with van der Waals surface area (Å²) in [6.45, 7) is 11.6. The minimum atomic E-state index is -3.48. The molecule has 1 aromatic rings. The van der Waals surface area contributed by atoms with Gasteiger partial charge in [0.15, 0.2) is 0 Å². The number of hydrogen-bond acceptors (Lipinski definition) is 4. The van der Waals surface area contributed by atoms with Gasteiger partial charge in [0, 0.05) is 25.7 Å². The summed E-state index contributed by atoms with van der Waals surface area (Å²) < 4.78 is 33.4. The van der Waals surface area contributed by atoms with E-state index in [0.717, 1.165) is 24.2 Å². The molecule has 23 heavy (non-hydrogen) atoms. The van der Waals surface area contributed by atoms with E-state index in [2.05, 4.69) is 23.5 Å². The lowest BCUT2D eigenvalue weighted by Crippen LogP contribution is -2.51. The monoisotopic (exact) mass is 340 g/mol. The van der Waals surface area contributed by atoms with Crippen molar-refractivity contribution < 1.29 is 13.2 Å². The molecule has 0 bridgehead atoms. The SMILES string of the molecule is Cc1ccc(S(=O)(=O)NCC(C(C)C)N2CCOCC2)c(C)c1. The Morgan fingerprint density at radius 1 is 1.22 bits per heavy atom. The van der Waals surface area contributed by atoms with Gasteiger partial charge in [-0.1, -0.05) is 31.5 Å². The van der Waals surface area contributed by atoms with Gasteiger partial charge in [-0.2, -0.15) is 0 Å². The van der Waals surface area contributed by atoms with Crippen molar-refractivity contribution in [1.29, 1.82) is 0 Å². The molecule has 1 atom stereocenters. The van der Waals surface area contributed by atoms with Crippen LogP contribution < -0.4 is 4.72 Å². The zero-order valence-corrected chi connectivity index (χ0v) is 15.3. The summed E-state index contributed by atoms with van der Waals surface area (Å²) in [5, 5.41) is 0. The van der Waals surface area contributed by atoms with Crippen molar-refractivity contribution in [2.75, 3.05) is 32.8 Å². The van der Waals surface area contributed by atoms with Crippen LogP contribution in [0.2, 0.25) is 0 Å². The number of ether oxygens (including phenoxy) is 1. The molecule has 1 aromatic carbocycles. The van der Waals surface area contributed by atoms with Gasteiger partial charge in [-0.3, -0.25) is 4.90 Å². The average Bonchev–Trinajstić information content (AvgIpc) is 2.47. The summed E-state index contributed by atoms with van der Waals surface area (Å²) in [5.74, 6) is 0.370. The van der Waals surface area contributed by atoms with Gasteiger partial charge in [-0.25, -0.2) is 13.1 Å². The molecule has 1 saturated heterocycles. The lowest BCUT2D eigenvalue weighted by Gasteiger charge is -2.36. The summed E-state index contributed by atoms with van der Waals surface area (Å²) >= 11 is 0. The van der Waals surface area contributed by atoms with E-state index in [1.54, 1.807) is 6.07 Å². The molecule has 1 N–H and O–H groups in total. The molecule has 5 nitrogen and oxygen atoms in total. The lowest BCUT2D eigenvalue weighted by molar-refractivity contribution is 0.00776. The smallest absolute Gasteiger partial charge is 0.240 e. The Kier molecular flexibility index (Phi) is 6.19. The number of rotatable bonds is 6. The topological polar surface area (TPSA) is 58.6 Å². The third-order valence-electron chi connectivity index (χ3n) is 4.39. The second-order valence-corrected chi connectivity index (χ2v) is 8.32. The first-order chi connectivity index (χ1) is 10.8. The molecule has 0 aliphatic carbocycles. The van der Waals surface area contributed by atoms with Crippen molar-refractivity contribution >= 4 is 10.0 Å². The highest BCUT2D eigenvalue weighted by atomic mass is 32.2. The minimum absolute atomic E-state index is 0.180. The quantitative estimate of drug-likeness (QED) is 0.860. The van der Waals surface area contributed by atoms with Crippen LogP contribution in [0.25, 0.3) is 0 Å². The molecule has 0 radical (unpaired) electrons. The van der Waals surface area contributed by atoms with Crippen LogP contribution in [0.4, 0.5) is 0 Å². The first-order valence-electron chi connectivity index (χ1n) is 8.20. The highest BCUT2D eigenvalue weighted by Gasteiger charge is 2.26. The molecular weight excluding hydrogens is 312 g/mol. The van der Waals surface area contributed by atoms with Crippen molar-refractivity contribution in [3.05, 3.63) is 29.3 Å². The van der Waals surface area contributed by atoms with Gasteiger partial charge in [0.2, 0.25) is 10.0 Å². The van der Waals surface area contributed by atoms with Crippen LogP contribution in [0.15, 0.2) is 23.1 Å². The fraction of sp³-hybridized carbons (Fsp3) is 0.647. The Morgan fingerprint density at radius 2 is 1.87 bits per heavy atom. The van der Waals surface area contributed by atoms with Gasteiger partial charge in [-0.15, -0.1) is 0 Å². The number of nitrogens with zero attached hydrogens (tertiary/aromatic N) is 1. The van der Waals surface area contributed by atoms with Crippen molar-refractivity contribution in [1.82, 2.24) is 9.62 Å². The molecular formula is C17H28N2O3S. The lowest BCUT2D eigenvalue weighted by atomic mass is 10.0. The van der Waals surface area contributed by atoms with Gasteiger partial charge in [-0.05, 0) is 31.4 Å². The highest BCUT2D eigenvalue weighted by Crippen LogP contribution is 2.18. The summed E-state index contributed by atoms with van der Waals surface area (Å²) in [5.41, 5.74) is 1.85. The van der Waals surface area contributed by atoms with Crippen molar-refractivity contribution in [2.24, 2.45) is 5.92 Å². The summed E-state index contributed by atoms with van der Waals surface area (Å²) in [4.78, 5) is 2.69. The first-order valence-corrected chi connectivity index (χ1v) is 9.68. The van der Waals surface area contributed by atoms with E-state index >= 15 is 0 Å². The maximum atomic E-state index is 12.6. The Hall–Kier alpha value is -0.950. The average molecular weight is 340 g/mol. The van der Waals surface area contributed by atoms with E-state index in [-0.39, 0.29) is 6.04 Å². The second kappa shape index (κ2) is 7.75. The largest absolute Gasteiger partial charge is 0.379 e. The Morgan fingerprint density at radius 3 is 2.43 bits per heavy atom. The van der Waals surface area contributed by atoms with Crippen LogP contribution in [0, 0.1) is 19.8 Å². The zero-order valence-electron chi connectivity index (χ0n) is 14.5. The van der Waals surface area contributed by atoms with E-state index in [1.165, 1.54) is 0 Å². The molecule has 130 valence electrons. The maximum Gasteiger partial charge on any atom is 0.240 e. The molecule has 1 fully saturated rings. The van der Waals surface area contributed by atoms with E-state index < -0.39 is 10.0 Å². The highest BCUT2D eigenvalue weighted by molar-refractivity contribution is 7.89. The molecule has 0 saturated carbocycles. The van der Waals surface area contributed by atoms with E-state index in [1.807, 2.05) is 26.0 Å². The van der Waals surface area contributed by atoms with Gasteiger partial charge >= 0.3 is 0 Å². The molecule has 0 aromatic heterocycles. The molecule has 1 heterocycles. The van der Waals surface area contributed by atoms with Crippen LogP contribution in [0.3, 0.4) is 0 Å². The standard InChI is InChI=1S/C17H28N2O3S/c1-13(2)16(19-7-9-22-10-8-19)12-18-23(20,21)17-6-5-14(3)11-15(17)4/h5-6,11,13,16,18H,7-10,12H2,1-4H3. The van der Waals surface area contributed by atoms with Crippen LogP contribution in [0.1, 0.15) is 25.0 Å². The fourth-order valence-electron chi connectivity index (χ4n) is 3.07. The van der Waals surface area contributed by atoms with Crippen molar-refractivity contribution in [3.63, 3.8) is 0 Å². The molecule has 6 heteroatoms. The van der Waals surface area contributed by atoms with Gasteiger partial charge in [0.1, 0.15) is 0 Å². The first kappa shape index (κ1) is 18.4. The summed E-state index contributed by atoms with van der Waals surface area (Å²) in [6, 6.07) is 5.60. The molecule has 0 amide bonds. The Balaban J connectivity index is 2.09. The summed E-state index contributed by atoms with van der Waals surface area (Å²) in [7, 11) is -3.48. The Labute approximate surface area is 140 Å². The molecule has 2 rings (SSSR count). The summed E-state index contributed by atoms with van der Waals surface area (Å²) in [6.07, 6.45) is 0. The number of benzene rings is 1. The normalized spacial score (nSPS) is 18.3. The molecule has 1 aliphatic heterocycles. The fourth-order valence-corrected chi connectivity index (χ4v) is 4.34. The van der Waals surface area contributed by atoms with E-state index in [9.17, 15) is 8.42 Å². The van der Waals surface area contributed by atoms with Crippen molar-refractivity contribution in [3.8, 4) is 0 Å². The maximum absolute atomic E-state index is 12.6. The third kappa shape index (κ3) is 4.76. The van der Waals surface area contributed by atoms with Crippen LogP contribution >= 0.6 is 0 Å². The van der Waals surface area contributed by atoms with Crippen LogP contribution in [0.5, 0.6) is 0 Å². The van der Waals surface area contributed by atoms with E-state index in [4.69, 9.17) is 4.74 Å². The van der Waals surface area contributed by atoms with E-state index in [0.29, 0.717) is 30.6 Å². The predicted molar refractivity (Wildman–Crippen MR) is 92.1 cm³/mol. The Bertz CT molecular complexity index is 623. The predicted octanol–water partition coefficient (Wildman–Crippen LogP) is 1.94. The second-order valence-electron chi connectivity index (χ2n) is 6.58. The third-order valence-corrected chi connectivity index (χ3v) is 5.97.